The Morgan fingerprint density at radius 2 is 2.24 bits per heavy atom. The van der Waals surface area contributed by atoms with E-state index in [0.29, 0.717) is 5.75 Å². The lowest BCUT2D eigenvalue weighted by Gasteiger charge is -2.09. The van der Waals surface area contributed by atoms with Crippen molar-refractivity contribution in [3.05, 3.63) is 22.6 Å². The van der Waals surface area contributed by atoms with E-state index in [4.69, 9.17) is 4.74 Å². The lowest BCUT2D eigenvalue weighted by molar-refractivity contribution is 0.374. The van der Waals surface area contributed by atoms with Crippen molar-refractivity contribution in [1.29, 1.82) is 0 Å². The van der Waals surface area contributed by atoms with Crippen LogP contribution < -0.4 is 4.74 Å². The fourth-order valence-corrected chi connectivity index (χ4v) is 3.50. The quantitative estimate of drug-likeness (QED) is 0.841. The third-order valence-corrected chi connectivity index (χ3v) is 4.44. The first kappa shape index (κ1) is 10.6. The van der Waals surface area contributed by atoms with Crippen LogP contribution in [0.4, 0.5) is 0 Å². The van der Waals surface area contributed by atoms with Gasteiger partial charge >= 0.3 is 0 Å². The number of ether oxygens (including phenoxy) is 1. The van der Waals surface area contributed by atoms with Gasteiger partial charge in [0, 0.05) is 28.4 Å². The number of nitrogens with zero attached hydrogens (tertiary/aromatic N) is 1. The summed E-state index contributed by atoms with van der Waals surface area (Å²) in [5, 5.41) is 11.0. The molecule has 1 aliphatic rings. The van der Waals surface area contributed by atoms with Crippen molar-refractivity contribution < 1.29 is 9.84 Å². The molecule has 0 spiro atoms. The molecule has 0 saturated heterocycles. The van der Waals surface area contributed by atoms with Crippen LogP contribution in [0.25, 0.3) is 10.1 Å². The highest BCUT2D eigenvalue weighted by molar-refractivity contribution is 7.21. The van der Waals surface area contributed by atoms with Gasteiger partial charge in [-0.25, -0.2) is 0 Å². The maximum atomic E-state index is 9.84. The number of hydrogen-bond donors (Lipinski definition) is 1. The number of fused-ring (bicyclic) bond motifs is 3. The van der Waals surface area contributed by atoms with Gasteiger partial charge in [0.25, 0.3) is 0 Å². The monoisotopic (exact) mass is 247 g/mol. The van der Waals surface area contributed by atoms with Crippen LogP contribution in [-0.2, 0) is 6.42 Å². The first-order valence-corrected chi connectivity index (χ1v) is 6.36. The lowest BCUT2D eigenvalue weighted by Crippen LogP contribution is -2.06. The number of hydrogen-bond acceptors (Lipinski definition) is 4. The van der Waals surface area contributed by atoms with E-state index in [-0.39, 0.29) is 5.75 Å². The molecule has 2 aromatic rings. The molecule has 0 atom stereocenters. The minimum atomic E-state index is 0.209. The van der Waals surface area contributed by atoms with Crippen molar-refractivity contribution in [2.45, 2.75) is 13.3 Å². The molecule has 0 fully saturated rings. The second kappa shape index (κ2) is 3.74. The molecule has 0 bridgehead atoms. The molecular formula is C13H13NO2S. The Balaban J connectivity index is 2.32. The third kappa shape index (κ3) is 1.52. The molecule has 0 unspecified atom stereocenters. The number of aliphatic imine (C=N–C) groups is 1. The summed E-state index contributed by atoms with van der Waals surface area (Å²) in [7, 11) is 1.57. The van der Waals surface area contributed by atoms with Gasteiger partial charge in [0.2, 0.25) is 0 Å². The highest BCUT2D eigenvalue weighted by Gasteiger charge is 2.19. The molecule has 0 saturated carbocycles. The number of aromatic hydroxyl groups is 1. The molecule has 88 valence electrons. The zero-order chi connectivity index (χ0) is 12.0. The smallest absolute Gasteiger partial charge is 0.161 e. The summed E-state index contributed by atoms with van der Waals surface area (Å²) >= 11 is 1.72. The van der Waals surface area contributed by atoms with Crippen molar-refractivity contribution in [2.75, 3.05) is 13.7 Å². The second-order valence-electron chi connectivity index (χ2n) is 4.15. The molecule has 4 heteroatoms. The fourth-order valence-electron chi connectivity index (χ4n) is 2.28. The number of thiophene rings is 1. The third-order valence-electron chi connectivity index (χ3n) is 3.13. The van der Waals surface area contributed by atoms with Gasteiger partial charge in [-0.05, 0) is 25.0 Å². The second-order valence-corrected chi connectivity index (χ2v) is 5.20. The molecule has 1 aromatic heterocycles. The molecule has 1 aromatic carbocycles. The first-order valence-electron chi connectivity index (χ1n) is 5.54. The molecule has 0 radical (unpaired) electrons. The van der Waals surface area contributed by atoms with Gasteiger partial charge < -0.3 is 9.84 Å². The summed E-state index contributed by atoms with van der Waals surface area (Å²) in [4.78, 5) is 5.71. The van der Waals surface area contributed by atoms with E-state index in [1.165, 1.54) is 10.4 Å². The van der Waals surface area contributed by atoms with Gasteiger partial charge in [-0.2, -0.15) is 0 Å². The molecular weight excluding hydrogens is 234 g/mol. The topological polar surface area (TPSA) is 41.8 Å². The summed E-state index contributed by atoms with van der Waals surface area (Å²) in [5.41, 5.74) is 2.42. The van der Waals surface area contributed by atoms with Crippen LogP contribution in [0.2, 0.25) is 0 Å². The van der Waals surface area contributed by atoms with Crippen LogP contribution in [-0.4, -0.2) is 24.5 Å². The van der Waals surface area contributed by atoms with Crippen LogP contribution >= 0.6 is 11.3 Å². The predicted molar refractivity (Wildman–Crippen MR) is 70.8 cm³/mol. The highest BCUT2D eigenvalue weighted by Crippen LogP contribution is 2.40. The van der Waals surface area contributed by atoms with Gasteiger partial charge in [-0.1, -0.05) is 0 Å². The van der Waals surface area contributed by atoms with E-state index in [2.05, 4.69) is 4.99 Å². The molecule has 2 heterocycles. The summed E-state index contributed by atoms with van der Waals surface area (Å²) in [6, 6.07) is 3.71. The Bertz CT molecular complexity index is 628. The molecule has 1 N–H and O–H groups in total. The first-order chi connectivity index (χ1) is 8.20. The van der Waals surface area contributed by atoms with Crippen molar-refractivity contribution in [3.8, 4) is 11.5 Å². The summed E-state index contributed by atoms with van der Waals surface area (Å²) in [6.07, 6.45) is 0.957. The number of benzene rings is 1. The maximum absolute atomic E-state index is 9.84. The van der Waals surface area contributed by atoms with Crippen molar-refractivity contribution in [1.82, 2.24) is 0 Å². The van der Waals surface area contributed by atoms with E-state index in [9.17, 15) is 5.11 Å². The van der Waals surface area contributed by atoms with Crippen LogP contribution in [0.5, 0.6) is 11.5 Å². The van der Waals surface area contributed by atoms with Gasteiger partial charge in [0.1, 0.15) is 0 Å². The van der Waals surface area contributed by atoms with Crippen LogP contribution in [0, 0.1) is 0 Å². The van der Waals surface area contributed by atoms with Crippen LogP contribution in [0.15, 0.2) is 17.1 Å². The van der Waals surface area contributed by atoms with Gasteiger partial charge in [-0.15, -0.1) is 11.3 Å². The maximum Gasteiger partial charge on any atom is 0.161 e. The van der Waals surface area contributed by atoms with Crippen molar-refractivity contribution in [3.63, 3.8) is 0 Å². The number of phenolic OH excluding ortho intramolecular Hbond substituents is 1. The van der Waals surface area contributed by atoms with Gasteiger partial charge in [0.15, 0.2) is 11.5 Å². The van der Waals surface area contributed by atoms with E-state index in [1.54, 1.807) is 18.4 Å². The highest BCUT2D eigenvalue weighted by atomic mass is 32.1. The molecule has 3 rings (SSSR count). The van der Waals surface area contributed by atoms with E-state index in [0.717, 1.165) is 28.8 Å². The average molecular weight is 247 g/mol. The Morgan fingerprint density at radius 3 is 3.00 bits per heavy atom. The molecule has 0 amide bonds. The standard InChI is InChI=1S/C13H13NO2S/c1-7-13-8(3-4-14-7)9-5-10(15)11(16-2)6-12(9)17-13/h5-6,15H,3-4H2,1-2H3. The van der Waals surface area contributed by atoms with Gasteiger partial charge in [-0.3, -0.25) is 4.99 Å². The van der Waals surface area contributed by atoms with Crippen LogP contribution in [0.3, 0.4) is 0 Å². The summed E-state index contributed by atoms with van der Waals surface area (Å²) < 4.78 is 6.29. The molecule has 0 aliphatic carbocycles. The minimum absolute atomic E-state index is 0.209. The Morgan fingerprint density at radius 1 is 1.41 bits per heavy atom. The van der Waals surface area contributed by atoms with Gasteiger partial charge in [0.05, 0.1) is 12.0 Å². The van der Waals surface area contributed by atoms with E-state index < -0.39 is 0 Å². The normalized spacial score (nSPS) is 14.6. The number of methoxy groups -OCH3 is 1. The van der Waals surface area contributed by atoms with Crippen molar-refractivity contribution in [2.24, 2.45) is 4.99 Å². The summed E-state index contributed by atoms with van der Waals surface area (Å²) in [5.74, 6) is 0.742. The van der Waals surface area contributed by atoms with E-state index >= 15 is 0 Å². The van der Waals surface area contributed by atoms with Crippen molar-refractivity contribution >= 4 is 27.1 Å². The fraction of sp³-hybridized carbons (Fsp3) is 0.308. The average Bonchev–Trinajstić information content (AvgIpc) is 2.68. The SMILES string of the molecule is COc1cc2sc3c(c2cc1O)CCN=C3C. The Kier molecular flexibility index (Phi) is 2.33. The number of rotatable bonds is 1. The lowest BCUT2D eigenvalue weighted by atomic mass is 10.0. The number of phenols is 1. The largest absolute Gasteiger partial charge is 0.504 e. The predicted octanol–water partition coefficient (Wildman–Crippen LogP) is 2.98. The summed E-state index contributed by atoms with van der Waals surface area (Å²) in [6.45, 7) is 2.89. The van der Waals surface area contributed by atoms with Crippen LogP contribution in [0.1, 0.15) is 17.4 Å². The molecule has 17 heavy (non-hydrogen) atoms. The zero-order valence-electron chi connectivity index (χ0n) is 9.78. The van der Waals surface area contributed by atoms with E-state index in [1.807, 2.05) is 19.1 Å². The zero-order valence-corrected chi connectivity index (χ0v) is 10.6. The molecule has 3 nitrogen and oxygen atoms in total. The molecule has 1 aliphatic heterocycles. The Labute approximate surface area is 103 Å². The Hall–Kier alpha value is -1.55. The minimum Gasteiger partial charge on any atom is -0.504 e.